The Morgan fingerprint density at radius 1 is 1.18 bits per heavy atom. The topological polar surface area (TPSA) is 103 Å². The van der Waals surface area contributed by atoms with E-state index < -0.39 is 11.6 Å². The summed E-state index contributed by atoms with van der Waals surface area (Å²) in [6, 6.07) is 11.5. The molecule has 2 aromatic carbocycles. The van der Waals surface area contributed by atoms with Crippen LogP contribution in [0.25, 0.3) is 0 Å². The molecule has 9 heteroatoms. The van der Waals surface area contributed by atoms with Crippen molar-refractivity contribution in [2.24, 2.45) is 0 Å². The van der Waals surface area contributed by atoms with Crippen LogP contribution in [0.3, 0.4) is 0 Å². The summed E-state index contributed by atoms with van der Waals surface area (Å²) in [5.74, 6) is 0.151. The maximum Gasteiger partial charge on any atom is 0.229 e. The molecule has 0 bridgehead atoms. The van der Waals surface area contributed by atoms with E-state index in [9.17, 15) is 9.18 Å². The largest absolute Gasteiger partial charge is 0.496 e. The molecule has 0 saturated carbocycles. The molecule has 1 atom stereocenters. The monoisotopic (exact) mass is 465 g/mol. The van der Waals surface area contributed by atoms with Crippen LogP contribution >= 0.6 is 0 Å². The van der Waals surface area contributed by atoms with Crippen molar-refractivity contribution in [1.29, 1.82) is 0 Å². The first-order chi connectivity index (χ1) is 16.4. The number of rotatable bonds is 9. The number of likely N-dealkylation sites (tertiary alicyclic amines) is 1. The van der Waals surface area contributed by atoms with Gasteiger partial charge in [-0.25, -0.2) is 9.37 Å². The quantitative estimate of drug-likeness (QED) is 0.457. The summed E-state index contributed by atoms with van der Waals surface area (Å²) < 4.78 is 24.7. The number of nitrogen functional groups attached to an aromatic ring is 1. The number of aromatic nitrogens is 2. The van der Waals surface area contributed by atoms with Crippen molar-refractivity contribution in [2.45, 2.75) is 25.8 Å². The van der Waals surface area contributed by atoms with Gasteiger partial charge in [-0.15, -0.1) is 0 Å². The van der Waals surface area contributed by atoms with Crippen molar-refractivity contribution in [1.82, 2.24) is 14.9 Å². The molecule has 0 radical (unpaired) electrons. The van der Waals surface area contributed by atoms with Crippen molar-refractivity contribution in [2.75, 3.05) is 37.9 Å². The number of methoxy groups -OCH3 is 1. The smallest absolute Gasteiger partial charge is 0.229 e. The molecular weight excluding hydrogens is 437 g/mol. The zero-order valence-corrected chi connectivity index (χ0v) is 19.3. The van der Waals surface area contributed by atoms with Crippen LogP contribution < -0.4 is 20.5 Å². The highest BCUT2D eigenvalue weighted by atomic mass is 19.1. The lowest BCUT2D eigenvalue weighted by Crippen LogP contribution is -2.34. The third-order valence-electron chi connectivity index (χ3n) is 5.83. The molecule has 0 spiro atoms. The second kappa shape index (κ2) is 10.5. The molecule has 0 aliphatic carbocycles. The van der Waals surface area contributed by atoms with E-state index >= 15 is 0 Å². The van der Waals surface area contributed by atoms with E-state index in [0.29, 0.717) is 12.6 Å². The zero-order chi connectivity index (χ0) is 24.1. The van der Waals surface area contributed by atoms with Crippen LogP contribution in [0.2, 0.25) is 0 Å². The van der Waals surface area contributed by atoms with Gasteiger partial charge in [-0.2, -0.15) is 4.98 Å². The van der Waals surface area contributed by atoms with Crippen LogP contribution in [-0.4, -0.2) is 53.5 Å². The van der Waals surface area contributed by atoms with E-state index in [1.54, 1.807) is 0 Å². The number of nitrogens with zero attached hydrogens (tertiary/aromatic N) is 3. The lowest BCUT2D eigenvalue weighted by atomic mass is 10.0. The standard InChI is InChI=1S/C25H28FN5O3/c1-16(31-11-3-4-12-31)15-34-19-8-6-18(7-9-19)29-25-28-14-21(24(27)30-25)23(32)20-13-17(26)5-10-22(20)33-2/h5-10,13-14,16H,3-4,11-12,15H2,1-2H3,(H3,27,28,29,30)/t16-/m1/s1. The van der Waals surface area contributed by atoms with Gasteiger partial charge in [-0.1, -0.05) is 0 Å². The molecule has 4 rings (SSSR count). The van der Waals surface area contributed by atoms with E-state index in [2.05, 4.69) is 27.1 Å². The Morgan fingerprint density at radius 3 is 2.59 bits per heavy atom. The summed E-state index contributed by atoms with van der Waals surface area (Å²) in [5, 5.41) is 3.06. The minimum absolute atomic E-state index is 0.0235. The number of nitrogens with two attached hydrogens (primary N) is 1. The number of nitrogens with one attached hydrogen (secondary N) is 1. The van der Waals surface area contributed by atoms with Crippen LogP contribution in [0, 0.1) is 5.82 Å². The van der Waals surface area contributed by atoms with Gasteiger partial charge in [0.15, 0.2) is 0 Å². The number of ketones is 1. The maximum atomic E-state index is 13.7. The third-order valence-corrected chi connectivity index (χ3v) is 5.83. The molecule has 0 amide bonds. The highest BCUT2D eigenvalue weighted by molar-refractivity contribution is 6.13. The lowest BCUT2D eigenvalue weighted by Gasteiger charge is -2.23. The summed E-state index contributed by atoms with van der Waals surface area (Å²) in [6.07, 6.45) is 3.82. The van der Waals surface area contributed by atoms with Crippen LogP contribution in [0.15, 0.2) is 48.7 Å². The number of anilines is 3. The first-order valence-electron chi connectivity index (χ1n) is 11.2. The Morgan fingerprint density at radius 2 is 1.91 bits per heavy atom. The minimum atomic E-state index is -0.556. The number of halogens is 1. The van der Waals surface area contributed by atoms with Gasteiger partial charge in [0.2, 0.25) is 11.7 Å². The Bertz CT molecular complexity index is 1150. The van der Waals surface area contributed by atoms with Crippen molar-refractivity contribution in [3.63, 3.8) is 0 Å². The molecule has 1 aliphatic rings. The molecule has 1 aromatic heterocycles. The van der Waals surface area contributed by atoms with E-state index in [1.165, 1.54) is 38.3 Å². The SMILES string of the molecule is COc1ccc(F)cc1C(=O)c1cnc(Nc2ccc(OC[C@@H](C)N3CCCC3)cc2)nc1N. The van der Waals surface area contributed by atoms with Gasteiger partial charge >= 0.3 is 0 Å². The summed E-state index contributed by atoms with van der Waals surface area (Å²) in [6.45, 7) is 5.09. The first-order valence-corrected chi connectivity index (χ1v) is 11.2. The average Bonchev–Trinajstić information content (AvgIpc) is 3.38. The molecule has 178 valence electrons. The molecule has 0 unspecified atom stereocenters. The summed E-state index contributed by atoms with van der Waals surface area (Å²) >= 11 is 0. The second-order valence-electron chi connectivity index (χ2n) is 8.22. The molecule has 8 nitrogen and oxygen atoms in total. The Labute approximate surface area is 197 Å². The number of hydrogen-bond acceptors (Lipinski definition) is 8. The van der Waals surface area contributed by atoms with Crippen LogP contribution in [0.1, 0.15) is 35.7 Å². The fourth-order valence-corrected chi connectivity index (χ4v) is 3.90. The molecular formula is C25H28FN5O3. The molecule has 2 heterocycles. The Hall–Kier alpha value is -3.72. The molecule has 34 heavy (non-hydrogen) atoms. The van der Waals surface area contributed by atoms with E-state index in [1.807, 2.05) is 24.3 Å². The van der Waals surface area contributed by atoms with Gasteiger partial charge in [-0.05, 0) is 75.3 Å². The number of carbonyl (C=O) groups is 1. The number of carbonyl (C=O) groups excluding carboxylic acids is 1. The molecule has 3 aromatic rings. The van der Waals surface area contributed by atoms with Crippen LogP contribution in [-0.2, 0) is 0 Å². The van der Waals surface area contributed by atoms with Gasteiger partial charge in [0.1, 0.15) is 29.7 Å². The second-order valence-corrected chi connectivity index (χ2v) is 8.22. The van der Waals surface area contributed by atoms with Crippen molar-refractivity contribution >= 4 is 23.2 Å². The normalized spacial score (nSPS) is 14.6. The molecule has 1 saturated heterocycles. The van der Waals surface area contributed by atoms with Gasteiger partial charge in [-0.3, -0.25) is 9.69 Å². The van der Waals surface area contributed by atoms with Gasteiger partial charge in [0.25, 0.3) is 0 Å². The highest BCUT2D eigenvalue weighted by Crippen LogP contribution is 2.25. The maximum absolute atomic E-state index is 13.7. The lowest BCUT2D eigenvalue weighted by molar-refractivity contribution is 0.103. The first kappa shape index (κ1) is 23.4. The minimum Gasteiger partial charge on any atom is -0.496 e. The van der Waals surface area contributed by atoms with Crippen LogP contribution in [0.4, 0.5) is 21.8 Å². The number of benzene rings is 2. The fraction of sp³-hybridized carbons (Fsp3) is 0.320. The average molecular weight is 466 g/mol. The molecule has 3 N–H and O–H groups in total. The molecule has 1 aliphatic heterocycles. The summed E-state index contributed by atoms with van der Waals surface area (Å²) in [4.78, 5) is 23.7. The fourth-order valence-electron chi connectivity index (χ4n) is 3.90. The van der Waals surface area contributed by atoms with E-state index in [0.717, 1.165) is 30.6 Å². The molecule has 1 fully saturated rings. The van der Waals surface area contributed by atoms with Gasteiger partial charge < -0.3 is 20.5 Å². The highest BCUT2D eigenvalue weighted by Gasteiger charge is 2.20. The van der Waals surface area contributed by atoms with Crippen LogP contribution in [0.5, 0.6) is 11.5 Å². The van der Waals surface area contributed by atoms with Crippen molar-refractivity contribution in [3.8, 4) is 11.5 Å². The Kier molecular flexibility index (Phi) is 7.22. The van der Waals surface area contributed by atoms with Gasteiger partial charge in [0.05, 0.1) is 18.2 Å². The Balaban J connectivity index is 1.39. The van der Waals surface area contributed by atoms with Crippen molar-refractivity contribution < 1.29 is 18.7 Å². The number of hydrogen-bond donors (Lipinski definition) is 2. The summed E-state index contributed by atoms with van der Waals surface area (Å²) in [7, 11) is 1.40. The summed E-state index contributed by atoms with van der Waals surface area (Å²) in [5.41, 5.74) is 6.87. The zero-order valence-electron chi connectivity index (χ0n) is 19.3. The predicted octanol–water partition coefficient (Wildman–Crippen LogP) is 4.04. The predicted molar refractivity (Wildman–Crippen MR) is 128 cm³/mol. The third kappa shape index (κ3) is 5.43. The van der Waals surface area contributed by atoms with E-state index in [4.69, 9.17) is 15.2 Å². The number of ether oxygens (including phenoxy) is 2. The van der Waals surface area contributed by atoms with Crippen molar-refractivity contribution in [3.05, 3.63) is 65.6 Å². The van der Waals surface area contributed by atoms with E-state index in [-0.39, 0.29) is 28.6 Å². The van der Waals surface area contributed by atoms with Gasteiger partial charge in [0, 0.05) is 17.9 Å².